The number of nitrogens with two attached hydrogens (primary N) is 1. The van der Waals surface area contributed by atoms with E-state index in [4.69, 9.17) is 19.3 Å². The van der Waals surface area contributed by atoms with Crippen LogP contribution in [0.1, 0.15) is 20.3 Å². The van der Waals surface area contributed by atoms with Crippen molar-refractivity contribution in [3.63, 3.8) is 0 Å². The minimum absolute atomic E-state index is 0.0612. The molecule has 0 aromatic rings. The molecule has 1 aliphatic rings. The maximum Gasteiger partial charge on any atom is 0.333 e. The molecule has 20 heavy (non-hydrogen) atoms. The quantitative estimate of drug-likeness (QED) is 0.501. The predicted octanol–water partition coefficient (Wildman–Crippen LogP) is -1.56. The SMILES string of the molecule is CO[C@H]1C[C@H](OC(C)(C)O)CO[C@]1(O)COS(N)(=O)=O. The second-order valence-corrected chi connectivity index (χ2v) is 6.28. The minimum atomic E-state index is -4.20. The van der Waals surface area contributed by atoms with Crippen LogP contribution >= 0.6 is 0 Å². The summed E-state index contributed by atoms with van der Waals surface area (Å²) >= 11 is 0. The van der Waals surface area contributed by atoms with Crippen molar-refractivity contribution in [2.24, 2.45) is 5.14 Å². The van der Waals surface area contributed by atoms with Crippen molar-refractivity contribution in [1.29, 1.82) is 0 Å². The molecule has 0 radical (unpaired) electrons. The maximum absolute atomic E-state index is 10.8. The molecule has 4 N–H and O–H groups in total. The van der Waals surface area contributed by atoms with Crippen LogP contribution in [0.25, 0.3) is 0 Å². The summed E-state index contributed by atoms with van der Waals surface area (Å²) in [4.78, 5) is 0. The van der Waals surface area contributed by atoms with Crippen LogP contribution in [0.4, 0.5) is 0 Å². The third-order valence-electron chi connectivity index (χ3n) is 2.67. The van der Waals surface area contributed by atoms with Crippen LogP contribution in [0.5, 0.6) is 0 Å². The Balaban J connectivity index is 2.68. The lowest BCUT2D eigenvalue weighted by molar-refractivity contribution is -0.329. The van der Waals surface area contributed by atoms with Crippen LogP contribution in [0.15, 0.2) is 0 Å². The van der Waals surface area contributed by atoms with E-state index in [2.05, 4.69) is 4.18 Å². The van der Waals surface area contributed by atoms with Crippen molar-refractivity contribution in [1.82, 2.24) is 0 Å². The summed E-state index contributed by atoms with van der Waals surface area (Å²) in [7, 11) is -2.88. The highest BCUT2D eigenvalue weighted by atomic mass is 32.2. The van der Waals surface area contributed by atoms with Gasteiger partial charge in [0.15, 0.2) is 5.79 Å². The van der Waals surface area contributed by atoms with Gasteiger partial charge in [0.25, 0.3) is 0 Å². The van der Waals surface area contributed by atoms with Crippen molar-refractivity contribution in [2.45, 2.75) is 44.1 Å². The monoisotopic (exact) mass is 315 g/mol. The third kappa shape index (κ3) is 5.58. The Morgan fingerprint density at radius 2 is 2.10 bits per heavy atom. The molecule has 0 aromatic carbocycles. The second-order valence-electron chi connectivity index (χ2n) is 5.06. The van der Waals surface area contributed by atoms with Gasteiger partial charge in [0.05, 0.1) is 12.7 Å². The smallest absolute Gasteiger partial charge is 0.333 e. The molecule has 120 valence electrons. The van der Waals surface area contributed by atoms with Crippen LogP contribution in [-0.4, -0.2) is 62.7 Å². The first-order valence-corrected chi connectivity index (χ1v) is 7.39. The van der Waals surface area contributed by atoms with Gasteiger partial charge in [-0.1, -0.05) is 0 Å². The van der Waals surface area contributed by atoms with Gasteiger partial charge in [-0.25, -0.2) is 5.14 Å². The normalized spacial score (nSPS) is 32.3. The predicted molar refractivity (Wildman–Crippen MR) is 66.5 cm³/mol. The zero-order valence-electron chi connectivity index (χ0n) is 11.6. The lowest BCUT2D eigenvalue weighted by Crippen LogP contribution is -2.57. The standard InChI is InChI=1S/C10H21NO8S/c1-9(2,12)19-7-4-8(16-3)10(13,17-5-7)6-18-20(11,14)15/h7-8,12-13H,4-6H2,1-3H3,(H2,11,14,15)/t7-,8-,10+/m0/s1. The maximum atomic E-state index is 10.8. The first-order chi connectivity index (χ1) is 8.95. The van der Waals surface area contributed by atoms with Crippen LogP contribution in [-0.2, 0) is 28.7 Å². The molecule has 10 heteroatoms. The van der Waals surface area contributed by atoms with Gasteiger partial charge in [0.1, 0.15) is 12.7 Å². The number of hydrogen-bond acceptors (Lipinski definition) is 8. The Labute approximate surface area is 117 Å². The molecule has 0 aliphatic carbocycles. The minimum Gasteiger partial charge on any atom is -0.376 e. The fraction of sp³-hybridized carbons (Fsp3) is 1.00. The van der Waals surface area contributed by atoms with Crippen molar-refractivity contribution in [3.8, 4) is 0 Å². The number of aliphatic hydroxyl groups is 2. The van der Waals surface area contributed by atoms with Gasteiger partial charge in [-0.05, 0) is 13.8 Å². The lowest BCUT2D eigenvalue weighted by atomic mass is 10.0. The zero-order chi connectivity index (χ0) is 15.6. The molecule has 0 unspecified atom stereocenters. The summed E-state index contributed by atoms with van der Waals surface area (Å²) < 4.78 is 41.4. The fourth-order valence-electron chi connectivity index (χ4n) is 1.89. The van der Waals surface area contributed by atoms with Crippen molar-refractivity contribution < 1.29 is 37.0 Å². The van der Waals surface area contributed by atoms with Gasteiger partial charge in [-0.2, -0.15) is 8.42 Å². The van der Waals surface area contributed by atoms with Crippen molar-refractivity contribution >= 4 is 10.3 Å². The number of methoxy groups -OCH3 is 1. The van der Waals surface area contributed by atoms with Gasteiger partial charge in [-0.15, -0.1) is 0 Å². The molecule has 0 bridgehead atoms. The Morgan fingerprint density at radius 3 is 2.55 bits per heavy atom. The molecule has 0 aromatic heterocycles. The summed E-state index contributed by atoms with van der Waals surface area (Å²) in [5, 5.41) is 24.5. The van der Waals surface area contributed by atoms with Gasteiger partial charge < -0.3 is 24.4 Å². The molecule has 1 fully saturated rings. The molecular weight excluding hydrogens is 294 g/mol. The molecule has 9 nitrogen and oxygen atoms in total. The molecule has 0 spiro atoms. The van der Waals surface area contributed by atoms with Gasteiger partial charge in [0, 0.05) is 13.5 Å². The molecular formula is C10H21NO8S. The summed E-state index contributed by atoms with van der Waals surface area (Å²) in [6.45, 7) is 2.16. The molecule has 0 amide bonds. The van der Waals surface area contributed by atoms with E-state index in [0.29, 0.717) is 0 Å². The molecule has 1 rings (SSSR count). The van der Waals surface area contributed by atoms with Gasteiger partial charge in [-0.3, -0.25) is 4.18 Å². The molecule has 3 atom stereocenters. The average molecular weight is 315 g/mol. The van der Waals surface area contributed by atoms with Crippen LogP contribution < -0.4 is 5.14 Å². The highest BCUT2D eigenvalue weighted by Crippen LogP contribution is 2.29. The van der Waals surface area contributed by atoms with E-state index in [0.717, 1.165) is 0 Å². The Morgan fingerprint density at radius 1 is 1.50 bits per heavy atom. The van der Waals surface area contributed by atoms with Gasteiger partial charge >= 0.3 is 10.3 Å². The molecule has 1 saturated heterocycles. The van der Waals surface area contributed by atoms with E-state index in [9.17, 15) is 18.6 Å². The fourth-order valence-corrected chi connectivity index (χ4v) is 2.23. The highest BCUT2D eigenvalue weighted by molar-refractivity contribution is 7.84. The molecule has 1 aliphatic heterocycles. The number of rotatable bonds is 6. The van der Waals surface area contributed by atoms with Crippen LogP contribution in [0.2, 0.25) is 0 Å². The van der Waals surface area contributed by atoms with E-state index in [1.165, 1.54) is 21.0 Å². The average Bonchev–Trinajstić information content (AvgIpc) is 2.27. The Kier molecular flexibility index (Phi) is 5.49. The van der Waals surface area contributed by atoms with Crippen LogP contribution in [0.3, 0.4) is 0 Å². The lowest BCUT2D eigenvalue weighted by Gasteiger charge is -2.42. The largest absolute Gasteiger partial charge is 0.376 e. The highest BCUT2D eigenvalue weighted by Gasteiger charge is 2.46. The Hall–Kier alpha value is -0.330. The van der Waals surface area contributed by atoms with Crippen molar-refractivity contribution in [2.75, 3.05) is 20.3 Å². The van der Waals surface area contributed by atoms with E-state index in [-0.39, 0.29) is 13.0 Å². The summed E-state index contributed by atoms with van der Waals surface area (Å²) in [6.07, 6.45) is -1.23. The summed E-state index contributed by atoms with van der Waals surface area (Å²) in [5.74, 6) is -3.32. The number of hydrogen-bond donors (Lipinski definition) is 3. The third-order valence-corrected chi connectivity index (χ3v) is 3.12. The topological polar surface area (TPSA) is 138 Å². The first-order valence-electron chi connectivity index (χ1n) is 5.92. The van der Waals surface area contributed by atoms with E-state index in [1.54, 1.807) is 0 Å². The molecule has 0 saturated carbocycles. The van der Waals surface area contributed by atoms with E-state index >= 15 is 0 Å². The summed E-state index contributed by atoms with van der Waals surface area (Å²) in [5.41, 5.74) is 0. The zero-order valence-corrected chi connectivity index (χ0v) is 12.4. The van der Waals surface area contributed by atoms with Gasteiger partial charge in [0.2, 0.25) is 5.79 Å². The van der Waals surface area contributed by atoms with Crippen LogP contribution in [0, 0.1) is 0 Å². The summed E-state index contributed by atoms with van der Waals surface area (Å²) in [6, 6.07) is 0. The van der Waals surface area contributed by atoms with Crippen molar-refractivity contribution in [3.05, 3.63) is 0 Å². The second kappa shape index (κ2) is 6.20. The number of ether oxygens (including phenoxy) is 3. The van der Waals surface area contributed by atoms with E-state index in [1.807, 2.05) is 0 Å². The van der Waals surface area contributed by atoms with E-state index < -0.39 is 40.7 Å². The first kappa shape index (κ1) is 17.7. The Bertz CT molecular complexity index is 419. The molecule has 1 heterocycles.